The van der Waals surface area contributed by atoms with Crippen LogP contribution in [0.15, 0.2) is 36.5 Å². The number of hydrogen-bond donors (Lipinski definition) is 2. The Kier molecular flexibility index (Phi) is 6.16. The number of fused-ring (bicyclic) bond motifs is 2. The molecule has 1 aromatic heterocycles. The highest BCUT2D eigenvalue weighted by atomic mass is 16.1. The number of para-hydroxylation sites is 2. The molecule has 2 aromatic rings. The number of rotatable bonds is 0. The fourth-order valence-corrected chi connectivity index (χ4v) is 1.63. The number of anilines is 3. The van der Waals surface area contributed by atoms with E-state index in [9.17, 15) is 4.79 Å². The van der Waals surface area contributed by atoms with E-state index in [1.165, 1.54) is 6.20 Å². The van der Waals surface area contributed by atoms with Gasteiger partial charge in [-0.2, -0.15) is 5.10 Å². The third kappa shape index (κ3) is 3.32. The van der Waals surface area contributed by atoms with Gasteiger partial charge >= 0.3 is 0 Å². The van der Waals surface area contributed by atoms with Crippen LogP contribution in [0.2, 0.25) is 0 Å². The van der Waals surface area contributed by atoms with Gasteiger partial charge in [0.25, 0.3) is 5.91 Å². The van der Waals surface area contributed by atoms with Gasteiger partial charge in [0.2, 0.25) is 0 Å². The number of nitrogens with zero attached hydrogens (tertiary/aromatic N) is 2. The Bertz CT molecular complexity index is 569. The predicted octanol–water partition coefficient (Wildman–Crippen LogP) is 3.84. The molecule has 0 spiro atoms. The molecular formula is C15H20N4O. The van der Waals surface area contributed by atoms with E-state index in [0.717, 1.165) is 11.4 Å². The predicted molar refractivity (Wildman–Crippen MR) is 82.4 cm³/mol. The second kappa shape index (κ2) is 7.89. The molecule has 106 valence electrons. The highest BCUT2D eigenvalue weighted by Crippen LogP contribution is 2.29. The minimum atomic E-state index is -0.178. The Morgan fingerprint density at radius 2 is 1.50 bits per heavy atom. The number of carbonyl (C=O) groups is 1. The van der Waals surface area contributed by atoms with E-state index in [4.69, 9.17) is 0 Å². The van der Waals surface area contributed by atoms with E-state index in [1.807, 2.05) is 52.0 Å². The summed E-state index contributed by atoms with van der Waals surface area (Å²) < 4.78 is 0. The molecule has 0 saturated heterocycles. The summed E-state index contributed by atoms with van der Waals surface area (Å²) in [6.45, 7) is 8.00. The van der Waals surface area contributed by atoms with E-state index >= 15 is 0 Å². The summed E-state index contributed by atoms with van der Waals surface area (Å²) in [5.41, 5.74) is 2.05. The molecule has 20 heavy (non-hydrogen) atoms. The first kappa shape index (κ1) is 15.6. The van der Waals surface area contributed by atoms with Crippen molar-refractivity contribution in [1.82, 2.24) is 10.2 Å². The van der Waals surface area contributed by atoms with Gasteiger partial charge in [0, 0.05) is 0 Å². The molecule has 5 nitrogen and oxygen atoms in total. The van der Waals surface area contributed by atoms with Crippen LogP contribution in [-0.2, 0) is 0 Å². The summed E-state index contributed by atoms with van der Waals surface area (Å²) in [6.07, 6.45) is 1.50. The van der Waals surface area contributed by atoms with Gasteiger partial charge in [-0.05, 0) is 18.2 Å². The van der Waals surface area contributed by atoms with E-state index in [2.05, 4.69) is 20.8 Å². The van der Waals surface area contributed by atoms with Crippen LogP contribution in [0.4, 0.5) is 17.2 Å². The number of benzene rings is 1. The molecule has 0 bridgehead atoms. The smallest absolute Gasteiger partial charge is 0.259 e. The molecule has 0 aliphatic carbocycles. The SMILES string of the molecule is CC.CC.O=C1Nc2ccccc2Nc2nnccc21. The van der Waals surface area contributed by atoms with Crippen molar-refractivity contribution in [2.24, 2.45) is 0 Å². The molecule has 2 N–H and O–H groups in total. The summed E-state index contributed by atoms with van der Waals surface area (Å²) in [5, 5.41) is 13.5. The van der Waals surface area contributed by atoms with Crippen LogP contribution in [0.25, 0.3) is 0 Å². The lowest BCUT2D eigenvalue weighted by Crippen LogP contribution is -2.11. The molecule has 1 amide bonds. The quantitative estimate of drug-likeness (QED) is 0.764. The Morgan fingerprint density at radius 3 is 2.15 bits per heavy atom. The summed E-state index contributed by atoms with van der Waals surface area (Å²) in [6, 6.07) is 9.09. The number of carbonyl (C=O) groups excluding carboxylic acids is 1. The lowest BCUT2D eigenvalue weighted by Gasteiger charge is -2.05. The van der Waals surface area contributed by atoms with Crippen LogP contribution in [0, 0.1) is 0 Å². The van der Waals surface area contributed by atoms with Crippen LogP contribution in [0.1, 0.15) is 38.1 Å². The maximum atomic E-state index is 11.8. The number of hydrogen-bond acceptors (Lipinski definition) is 4. The summed E-state index contributed by atoms with van der Waals surface area (Å²) in [4.78, 5) is 11.8. The number of amides is 1. The van der Waals surface area contributed by atoms with Crippen molar-refractivity contribution in [2.75, 3.05) is 10.6 Å². The molecule has 0 fully saturated rings. The van der Waals surface area contributed by atoms with Crippen LogP contribution < -0.4 is 10.6 Å². The molecule has 0 radical (unpaired) electrons. The van der Waals surface area contributed by atoms with Gasteiger partial charge in [-0.1, -0.05) is 39.8 Å². The first-order valence-corrected chi connectivity index (χ1v) is 6.84. The van der Waals surface area contributed by atoms with E-state index in [0.29, 0.717) is 11.4 Å². The molecule has 5 heteroatoms. The highest BCUT2D eigenvalue weighted by Gasteiger charge is 2.19. The zero-order valence-corrected chi connectivity index (χ0v) is 12.3. The van der Waals surface area contributed by atoms with E-state index in [1.54, 1.807) is 6.07 Å². The normalized spacial score (nSPS) is 10.9. The molecule has 1 aliphatic rings. The zero-order valence-electron chi connectivity index (χ0n) is 12.3. The molecule has 0 saturated carbocycles. The Morgan fingerprint density at radius 1 is 0.900 bits per heavy atom. The van der Waals surface area contributed by atoms with Gasteiger partial charge in [0.1, 0.15) is 0 Å². The third-order valence-corrected chi connectivity index (χ3v) is 2.39. The maximum Gasteiger partial charge on any atom is 0.259 e. The van der Waals surface area contributed by atoms with Crippen molar-refractivity contribution in [1.29, 1.82) is 0 Å². The van der Waals surface area contributed by atoms with Crippen molar-refractivity contribution in [3.05, 3.63) is 42.1 Å². The van der Waals surface area contributed by atoms with Crippen LogP contribution in [-0.4, -0.2) is 16.1 Å². The first-order chi connectivity index (χ1) is 9.84. The van der Waals surface area contributed by atoms with Crippen LogP contribution >= 0.6 is 0 Å². The Labute approximate surface area is 119 Å². The van der Waals surface area contributed by atoms with Crippen molar-refractivity contribution >= 4 is 23.1 Å². The molecule has 1 aromatic carbocycles. The summed E-state index contributed by atoms with van der Waals surface area (Å²) in [7, 11) is 0. The fraction of sp³-hybridized carbons (Fsp3) is 0.267. The van der Waals surface area contributed by atoms with Crippen molar-refractivity contribution in [3.63, 3.8) is 0 Å². The first-order valence-electron chi connectivity index (χ1n) is 6.84. The minimum Gasteiger partial charge on any atom is -0.336 e. The van der Waals surface area contributed by atoms with E-state index < -0.39 is 0 Å². The van der Waals surface area contributed by atoms with Crippen molar-refractivity contribution in [2.45, 2.75) is 27.7 Å². The molecule has 1 aliphatic heterocycles. The van der Waals surface area contributed by atoms with Gasteiger partial charge in [0.15, 0.2) is 5.82 Å². The summed E-state index contributed by atoms with van der Waals surface area (Å²) >= 11 is 0. The molecule has 2 heterocycles. The fourth-order valence-electron chi connectivity index (χ4n) is 1.63. The average Bonchev–Trinajstić information content (AvgIpc) is 2.67. The van der Waals surface area contributed by atoms with E-state index in [-0.39, 0.29) is 5.91 Å². The minimum absolute atomic E-state index is 0.178. The lowest BCUT2D eigenvalue weighted by molar-refractivity contribution is 0.102. The van der Waals surface area contributed by atoms with Crippen molar-refractivity contribution in [3.8, 4) is 0 Å². The van der Waals surface area contributed by atoms with Crippen LogP contribution in [0.3, 0.4) is 0 Å². The summed E-state index contributed by atoms with van der Waals surface area (Å²) in [5.74, 6) is 0.298. The maximum absolute atomic E-state index is 11.8. The lowest BCUT2D eigenvalue weighted by atomic mass is 10.2. The van der Waals surface area contributed by atoms with Gasteiger partial charge in [-0.3, -0.25) is 4.79 Å². The largest absolute Gasteiger partial charge is 0.336 e. The highest BCUT2D eigenvalue weighted by molar-refractivity contribution is 6.11. The topological polar surface area (TPSA) is 66.9 Å². The molecule has 0 unspecified atom stereocenters. The second-order valence-electron chi connectivity index (χ2n) is 3.42. The monoisotopic (exact) mass is 272 g/mol. The molecular weight excluding hydrogens is 252 g/mol. The van der Waals surface area contributed by atoms with Crippen molar-refractivity contribution < 1.29 is 4.79 Å². The second-order valence-corrected chi connectivity index (χ2v) is 3.42. The number of nitrogens with one attached hydrogen (secondary N) is 2. The van der Waals surface area contributed by atoms with Gasteiger partial charge in [-0.25, -0.2) is 0 Å². The Hall–Kier alpha value is -2.43. The average molecular weight is 272 g/mol. The third-order valence-electron chi connectivity index (χ3n) is 2.39. The van der Waals surface area contributed by atoms with Gasteiger partial charge in [-0.15, -0.1) is 5.10 Å². The molecule has 3 rings (SSSR count). The molecule has 0 atom stereocenters. The Balaban J connectivity index is 0.000000461. The standard InChI is InChI=1S/C11H8N4O.2C2H6/c16-11-7-5-6-12-15-10(7)13-8-3-1-2-4-9(8)14-11;2*1-2/h1-6H,(H,13,15)(H,14,16);2*1-2H3. The van der Waals surface area contributed by atoms with Gasteiger partial charge in [0.05, 0.1) is 23.1 Å². The van der Waals surface area contributed by atoms with Crippen LogP contribution in [0.5, 0.6) is 0 Å². The zero-order chi connectivity index (χ0) is 15.0. The van der Waals surface area contributed by atoms with Gasteiger partial charge < -0.3 is 10.6 Å². The number of aromatic nitrogens is 2.